The number of hydrogen-bond donors (Lipinski definition) is 2. The quantitative estimate of drug-likeness (QED) is 0.827. The van der Waals surface area contributed by atoms with Crippen LogP contribution in [0, 0.1) is 0 Å². The van der Waals surface area contributed by atoms with Gasteiger partial charge in [-0.15, -0.1) is 0 Å². The van der Waals surface area contributed by atoms with E-state index in [-0.39, 0.29) is 11.8 Å². The third-order valence-corrected chi connectivity index (χ3v) is 3.33. The molecule has 2 N–H and O–H groups in total. The number of rotatable bonds is 2. The fraction of sp³-hybridized carbons (Fsp3) is 0.143. The van der Waals surface area contributed by atoms with Gasteiger partial charge in [0.2, 0.25) is 5.91 Å². The summed E-state index contributed by atoms with van der Waals surface area (Å²) in [6.45, 7) is 0.603. The summed E-state index contributed by atoms with van der Waals surface area (Å²) in [5.74, 6) is 0.200. The summed E-state index contributed by atoms with van der Waals surface area (Å²) in [7, 11) is 0. The minimum Gasteiger partial charge on any atom is -0.384 e. The number of para-hydroxylation sites is 1. The Morgan fingerprint density at radius 1 is 1.26 bits per heavy atom. The molecule has 1 unspecified atom stereocenters. The van der Waals surface area contributed by atoms with E-state index >= 15 is 0 Å². The molecule has 0 saturated carbocycles. The second kappa shape index (κ2) is 4.90. The number of nitrogens with one attached hydrogen (secondary N) is 2. The van der Waals surface area contributed by atoms with Gasteiger partial charge in [-0.1, -0.05) is 35.9 Å². The van der Waals surface area contributed by atoms with Crippen LogP contribution in [-0.4, -0.2) is 17.4 Å². The molecule has 5 heteroatoms. The van der Waals surface area contributed by atoms with Crippen molar-refractivity contribution in [2.24, 2.45) is 0 Å². The number of carbonyl (C=O) groups is 1. The van der Waals surface area contributed by atoms with Crippen molar-refractivity contribution in [2.45, 2.75) is 5.92 Å². The maximum atomic E-state index is 12.3. The van der Waals surface area contributed by atoms with E-state index in [1.165, 1.54) is 0 Å². The number of carbonyl (C=O) groups excluding carboxylic acids is 1. The summed E-state index contributed by atoms with van der Waals surface area (Å²) in [5, 5.41) is 6.38. The Kier molecular flexibility index (Phi) is 3.09. The Hall–Kier alpha value is -2.07. The van der Waals surface area contributed by atoms with Crippen LogP contribution in [0.3, 0.4) is 0 Å². The number of halogens is 1. The van der Waals surface area contributed by atoms with E-state index in [1.807, 2.05) is 24.3 Å². The van der Waals surface area contributed by atoms with Gasteiger partial charge in [-0.05, 0) is 23.8 Å². The molecule has 1 amide bonds. The number of nitrogens with zero attached hydrogens (tertiary/aromatic N) is 1. The number of fused-ring (bicyclic) bond motifs is 1. The van der Waals surface area contributed by atoms with Gasteiger partial charge in [-0.25, -0.2) is 4.98 Å². The zero-order chi connectivity index (χ0) is 13.2. The third-order valence-electron chi connectivity index (χ3n) is 3.12. The first-order chi connectivity index (χ1) is 9.24. The summed E-state index contributed by atoms with van der Waals surface area (Å²) >= 11 is 5.79. The first kappa shape index (κ1) is 12.0. The Morgan fingerprint density at radius 3 is 2.95 bits per heavy atom. The molecule has 0 fully saturated rings. The standard InChI is InChI=1S/C14H12ClN3O/c15-12-6-3-7-13(17-12)18-14(19)10-8-16-11-5-2-1-4-9(10)11/h1-7,10,16H,8H2,(H,17,18,19). The van der Waals surface area contributed by atoms with Crippen LogP contribution in [0.15, 0.2) is 42.5 Å². The van der Waals surface area contributed by atoms with Crippen LogP contribution < -0.4 is 10.6 Å². The largest absolute Gasteiger partial charge is 0.384 e. The number of amides is 1. The highest BCUT2D eigenvalue weighted by Gasteiger charge is 2.28. The zero-order valence-electron chi connectivity index (χ0n) is 10.1. The van der Waals surface area contributed by atoms with Crippen LogP contribution in [0.2, 0.25) is 5.15 Å². The lowest BCUT2D eigenvalue weighted by molar-refractivity contribution is -0.117. The van der Waals surface area contributed by atoms with E-state index in [4.69, 9.17) is 11.6 Å². The number of aromatic nitrogens is 1. The highest BCUT2D eigenvalue weighted by molar-refractivity contribution is 6.29. The Balaban J connectivity index is 1.79. The van der Waals surface area contributed by atoms with E-state index in [1.54, 1.807) is 18.2 Å². The molecule has 96 valence electrons. The van der Waals surface area contributed by atoms with Crippen molar-refractivity contribution in [1.82, 2.24) is 4.98 Å². The van der Waals surface area contributed by atoms with Crippen LogP contribution >= 0.6 is 11.6 Å². The van der Waals surface area contributed by atoms with Gasteiger partial charge in [-0.3, -0.25) is 4.79 Å². The number of benzene rings is 1. The minimum atomic E-state index is -0.197. The summed E-state index contributed by atoms with van der Waals surface area (Å²) in [5.41, 5.74) is 2.03. The van der Waals surface area contributed by atoms with Crippen molar-refractivity contribution in [1.29, 1.82) is 0 Å². The molecule has 2 heterocycles. The van der Waals surface area contributed by atoms with E-state index in [2.05, 4.69) is 15.6 Å². The SMILES string of the molecule is O=C(Nc1cccc(Cl)n1)C1CNc2ccccc21. The molecule has 3 rings (SSSR count). The first-order valence-electron chi connectivity index (χ1n) is 6.00. The number of anilines is 2. The maximum Gasteiger partial charge on any atom is 0.234 e. The van der Waals surface area contributed by atoms with Gasteiger partial charge < -0.3 is 10.6 Å². The highest BCUT2D eigenvalue weighted by Crippen LogP contribution is 2.31. The van der Waals surface area contributed by atoms with Crippen LogP contribution in [0.25, 0.3) is 0 Å². The molecule has 1 aromatic carbocycles. The topological polar surface area (TPSA) is 54.0 Å². The molecular formula is C14H12ClN3O. The Morgan fingerprint density at radius 2 is 2.11 bits per heavy atom. The average molecular weight is 274 g/mol. The number of hydrogen-bond acceptors (Lipinski definition) is 3. The molecule has 0 saturated heterocycles. The van der Waals surface area contributed by atoms with Gasteiger partial charge in [0.05, 0.1) is 5.92 Å². The lowest BCUT2D eigenvalue weighted by Gasteiger charge is -2.10. The van der Waals surface area contributed by atoms with Crippen LogP contribution in [0.4, 0.5) is 11.5 Å². The fourth-order valence-electron chi connectivity index (χ4n) is 2.21. The predicted octanol–water partition coefficient (Wildman–Crippen LogP) is 2.88. The summed E-state index contributed by atoms with van der Waals surface area (Å²) < 4.78 is 0. The van der Waals surface area contributed by atoms with Gasteiger partial charge in [-0.2, -0.15) is 0 Å². The molecule has 0 spiro atoms. The number of pyridine rings is 1. The zero-order valence-corrected chi connectivity index (χ0v) is 10.8. The Labute approximate surface area is 115 Å². The van der Waals surface area contributed by atoms with Gasteiger partial charge in [0.25, 0.3) is 0 Å². The van der Waals surface area contributed by atoms with Crippen LogP contribution in [0.5, 0.6) is 0 Å². The summed E-state index contributed by atoms with van der Waals surface area (Å²) in [6, 6.07) is 13.0. The van der Waals surface area contributed by atoms with E-state index in [0.717, 1.165) is 11.3 Å². The van der Waals surface area contributed by atoms with Crippen molar-refractivity contribution in [2.75, 3.05) is 17.2 Å². The van der Waals surface area contributed by atoms with Crippen molar-refractivity contribution in [3.63, 3.8) is 0 Å². The van der Waals surface area contributed by atoms with Crippen molar-refractivity contribution in [3.05, 3.63) is 53.2 Å². The van der Waals surface area contributed by atoms with Crippen LogP contribution in [-0.2, 0) is 4.79 Å². The monoisotopic (exact) mass is 273 g/mol. The highest BCUT2D eigenvalue weighted by atomic mass is 35.5. The van der Waals surface area contributed by atoms with E-state index < -0.39 is 0 Å². The Bertz CT molecular complexity index is 630. The maximum absolute atomic E-state index is 12.3. The predicted molar refractivity (Wildman–Crippen MR) is 75.5 cm³/mol. The molecule has 0 bridgehead atoms. The molecule has 2 aromatic rings. The van der Waals surface area contributed by atoms with Crippen molar-refractivity contribution in [3.8, 4) is 0 Å². The molecule has 0 radical (unpaired) electrons. The molecular weight excluding hydrogens is 262 g/mol. The molecule has 19 heavy (non-hydrogen) atoms. The fourth-order valence-corrected chi connectivity index (χ4v) is 2.37. The molecule has 1 aliphatic rings. The lowest BCUT2D eigenvalue weighted by Crippen LogP contribution is -2.23. The second-order valence-electron chi connectivity index (χ2n) is 4.36. The first-order valence-corrected chi connectivity index (χ1v) is 6.38. The van der Waals surface area contributed by atoms with Gasteiger partial charge >= 0.3 is 0 Å². The molecule has 1 aliphatic heterocycles. The molecule has 0 aliphatic carbocycles. The van der Waals surface area contributed by atoms with Gasteiger partial charge in [0, 0.05) is 12.2 Å². The van der Waals surface area contributed by atoms with Gasteiger partial charge in [0.1, 0.15) is 11.0 Å². The summed E-state index contributed by atoms with van der Waals surface area (Å²) in [6.07, 6.45) is 0. The smallest absolute Gasteiger partial charge is 0.234 e. The average Bonchev–Trinajstić information content (AvgIpc) is 2.82. The molecule has 1 atom stereocenters. The van der Waals surface area contributed by atoms with Crippen molar-refractivity contribution < 1.29 is 4.79 Å². The van der Waals surface area contributed by atoms with E-state index in [0.29, 0.717) is 17.5 Å². The summed E-state index contributed by atoms with van der Waals surface area (Å²) in [4.78, 5) is 16.3. The minimum absolute atomic E-state index is 0.0767. The van der Waals surface area contributed by atoms with Crippen LogP contribution in [0.1, 0.15) is 11.5 Å². The normalized spacial score (nSPS) is 16.6. The van der Waals surface area contributed by atoms with E-state index in [9.17, 15) is 4.79 Å². The third kappa shape index (κ3) is 2.39. The second-order valence-corrected chi connectivity index (χ2v) is 4.74. The lowest BCUT2D eigenvalue weighted by atomic mass is 10.0. The molecule has 1 aromatic heterocycles. The molecule has 4 nitrogen and oxygen atoms in total. The van der Waals surface area contributed by atoms with Gasteiger partial charge in [0.15, 0.2) is 0 Å². The van der Waals surface area contributed by atoms with Crippen molar-refractivity contribution >= 4 is 29.0 Å².